The number of nitrogens with one attached hydrogen (secondary N) is 1. The summed E-state index contributed by atoms with van der Waals surface area (Å²) in [5.74, 6) is 0.523. The summed E-state index contributed by atoms with van der Waals surface area (Å²) in [5, 5.41) is 3.04. The molecule has 0 saturated carbocycles. The molecule has 0 fully saturated rings. The SMILES string of the molecule is Cc1ccc(-c2cn3cccnc3n2)cc1NC(=O)c1ccc(C(C)(C)C)cc1. The molecule has 0 radical (unpaired) electrons. The molecule has 0 atom stereocenters. The largest absolute Gasteiger partial charge is 0.322 e. The molecule has 5 heteroatoms. The minimum Gasteiger partial charge on any atom is -0.322 e. The predicted molar refractivity (Wildman–Crippen MR) is 116 cm³/mol. The van der Waals surface area contributed by atoms with Gasteiger partial charge >= 0.3 is 0 Å². The number of hydrogen-bond acceptors (Lipinski definition) is 3. The first kappa shape index (κ1) is 18.9. The normalized spacial score (nSPS) is 11.6. The molecule has 29 heavy (non-hydrogen) atoms. The maximum absolute atomic E-state index is 12.8. The van der Waals surface area contributed by atoms with Crippen LogP contribution in [-0.2, 0) is 5.41 Å². The molecule has 1 amide bonds. The van der Waals surface area contributed by atoms with Crippen molar-refractivity contribution in [2.45, 2.75) is 33.1 Å². The number of hydrogen-bond donors (Lipinski definition) is 1. The van der Waals surface area contributed by atoms with Crippen molar-refractivity contribution in [3.63, 3.8) is 0 Å². The number of anilines is 1. The van der Waals surface area contributed by atoms with E-state index in [4.69, 9.17) is 0 Å². The second-order valence-corrected chi connectivity index (χ2v) is 8.26. The Morgan fingerprint density at radius 2 is 1.83 bits per heavy atom. The summed E-state index contributed by atoms with van der Waals surface area (Å²) in [6.45, 7) is 8.46. The van der Waals surface area contributed by atoms with Gasteiger partial charge in [0.15, 0.2) is 0 Å². The van der Waals surface area contributed by atoms with Crippen LogP contribution in [0.25, 0.3) is 17.0 Å². The molecule has 2 heterocycles. The van der Waals surface area contributed by atoms with E-state index in [0.717, 1.165) is 22.5 Å². The Labute approximate surface area is 170 Å². The van der Waals surface area contributed by atoms with E-state index >= 15 is 0 Å². The zero-order valence-electron chi connectivity index (χ0n) is 17.1. The lowest BCUT2D eigenvalue weighted by Crippen LogP contribution is -2.15. The van der Waals surface area contributed by atoms with Crippen LogP contribution < -0.4 is 5.32 Å². The van der Waals surface area contributed by atoms with Gasteiger partial charge in [-0.2, -0.15) is 0 Å². The molecule has 2 aromatic carbocycles. The highest BCUT2D eigenvalue weighted by Gasteiger charge is 2.15. The van der Waals surface area contributed by atoms with Crippen molar-refractivity contribution in [3.8, 4) is 11.3 Å². The highest BCUT2D eigenvalue weighted by molar-refractivity contribution is 6.05. The molecule has 5 nitrogen and oxygen atoms in total. The fourth-order valence-electron chi connectivity index (χ4n) is 3.20. The summed E-state index contributed by atoms with van der Waals surface area (Å²) in [4.78, 5) is 21.6. The van der Waals surface area contributed by atoms with Crippen LogP contribution in [-0.4, -0.2) is 20.3 Å². The van der Waals surface area contributed by atoms with Crippen LogP contribution in [0.1, 0.15) is 42.3 Å². The Hall–Kier alpha value is -3.47. The van der Waals surface area contributed by atoms with Crippen LogP contribution >= 0.6 is 0 Å². The van der Waals surface area contributed by atoms with Gasteiger partial charge in [0.25, 0.3) is 5.91 Å². The number of fused-ring (bicyclic) bond motifs is 1. The third kappa shape index (κ3) is 3.90. The van der Waals surface area contributed by atoms with E-state index in [2.05, 4.69) is 36.1 Å². The van der Waals surface area contributed by atoms with E-state index in [9.17, 15) is 4.79 Å². The van der Waals surface area contributed by atoms with Crippen LogP contribution in [0.3, 0.4) is 0 Å². The minimum atomic E-state index is -0.123. The third-order valence-corrected chi connectivity index (χ3v) is 5.03. The third-order valence-electron chi connectivity index (χ3n) is 5.03. The predicted octanol–water partition coefficient (Wildman–Crippen LogP) is 5.25. The standard InChI is InChI=1S/C24H24N4O/c1-16-6-7-18(21-15-28-13-5-12-25-23(28)27-21)14-20(16)26-22(29)17-8-10-19(11-9-17)24(2,3)4/h5-15H,1-4H3,(H,26,29). The lowest BCUT2D eigenvalue weighted by molar-refractivity contribution is 0.102. The van der Waals surface area contributed by atoms with Gasteiger partial charge in [-0.15, -0.1) is 0 Å². The molecule has 0 spiro atoms. The topological polar surface area (TPSA) is 59.3 Å². The molecule has 146 valence electrons. The summed E-state index contributed by atoms with van der Waals surface area (Å²) in [6, 6.07) is 15.6. The number of imidazole rings is 1. The Morgan fingerprint density at radius 3 is 2.52 bits per heavy atom. The first-order valence-corrected chi connectivity index (χ1v) is 9.64. The van der Waals surface area contributed by atoms with Crippen molar-refractivity contribution in [2.24, 2.45) is 0 Å². The summed E-state index contributed by atoms with van der Waals surface area (Å²) in [6.07, 6.45) is 5.57. The number of amides is 1. The van der Waals surface area contributed by atoms with Gasteiger partial charge in [-0.25, -0.2) is 9.97 Å². The molecule has 0 saturated heterocycles. The van der Waals surface area contributed by atoms with Crippen LogP contribution in [0.5, 0.6) is 0 Å². The summed E-state index contributed by atoms with van der Waals surface area (Å²) in [5.41, 5.74) is 5.41. The monoisotopic (exact) mass is 384 g/mol. The number of aromatic nitrogens is 3. The average molecular weight is 384 g/mol. The van der Waals surface area contributed by atoms with Crippen molar-refractivity contribution in [1.82, 2.24) is 14.4 Å². The molecule has 0 aliphatic carbocycles. The van der Waals surface area contributed by atoms with Crippen LogP contribution in [0.15, 0.2) is 67.1 Å². The average Bonchev–Trinajstić information content (AvgIpc) is 3.13. The molecule has 0 aliphatic rings. The quantitative estimate of drug-likeness (QED) is 0.524. The maximum Gasteiger partial charge on any atom is 0.255 e. The van der Waals surface area contributed by atoms with E-state index in [-0.39, 0.29) is 11.3 Å². The van der Waals surface area contributed by atoms with Gasteiger partial charge in [-0.05, 0) is 47.7 Å². The highest BCUT2D eigenvalue weighted by atomic mass is 16.1. The minimum absolute atomic E-state index is 0.0584. The molecule has 4 rings (SSSR count). The van der Waals surface area contributed by atoms with Crippen LogP contribution in [0.2, 0.25) is 0 Å². The molecular weight excluding hydrogens is 360 g/mol. The van der Waals surface area contributed by atoms with Crippen molar-refractivity contribution in [3.05, 3.63) is 83.8 Å². The van der Waals surface area contributed by atoms with E-state index < -0.39 is 0 Å². The molecule has 1 N–H and O–H groups in total. The number of carbonyl (C=O) groups is 1. The molecule has 2 aromatic heterocycles. The van der Waals surface area contributed by atoms with Gasteiger partial charge in [0.1, 0.15) is 0 Å². The molecular formula is C24H24N4O. The molecule has 0 bridgehead atoms. The summed E-state index contributed by atoms with van der Waals surface area (Å²) < 4.78 is 1.88. The Kier molecular flexibility index (Phi) is 4.66. The first-order valence-electron chi connectivity index (χ1n) is 9.64. The Balaban J connectivity index is 1.60. The Bertz CT molecular complexity index is 1150. The zero-order valence-corrected chi connectivity index (χ0v) is 17.1. The molecule has 0 unspecified atom stereocenters. The van der Waals surface area contributed by atoms with Crippen molar-refractivity contribution in [1.29, 1.82) is 0 Å². The maximum atomic E-state index is 12.8. The molecule has 4 aromatic rings. The van der Waals surface area contributed by atoms with Gasteiger partial charge in [-0.1, -0.05) is 45.0 Å². The van der Waals surface area contributed by atoms with E-state index in [1.807, 2.05) is 72.2 Å². The first-order chi connectivity index (χ1) is 13.8. The summed E-state index contributed by atoms with van der Waals surface area (Å²) >= 11 is 0. The van der Waals surface area contributed by atoms with E-state index in [0.29, 0.717) is 11.3 Å². The highest BCUT2D eigenvalue weighted by Crippen LogP contribution is 2.26. The lowest BCUT2D eigenvalue weighted by atomic mass is 9.86. The Morgan fingerprint density at radius 1 is 1.07 bits per heavy atom. The number of nitrogens with zero attached hydrogens (tertiary/aromatic N) is 3. The van der Waals surface area contributed by atoms with Crippen LogP contribution in [0.4, 0.5) is 5.69 Å². The van der Waals surface area contributed by atoms with Gasteiger partial charge < -0.3 is 5.32 Å². The van der Waals surface area contributed by atoms with Gasteiger partial charge in [0.2, 0.25) is 5.78 Å². The smallest absolute Gasteiger partial charge is 0.255 e. The fourth-order valence-corrected chi connectivity index (χ4v) is 3.20. The number of benzene rings is 2. The van der Waals surface area contributed by atoms with E-state index in [1.54, 1.807) is 6.20 Å². The number of rotatable bonds is 3. The van der Waals surface area contributed by atoms with Crippen LogP contribution in [0, 0.1) is 6.92 Å². The van der Waals surface area contributed by atoms with Crippen molar-refractivity contribution >= 4 is 17.4 Å². The number of carbonyl (C=O) groups excluding carboxylic acids is 1. The summed E-state index contributed by atoms with van der Waals surface area (Å²) in [7, 11) is 0. The lowest BCUT2D eigenvalue weighted by Gasteiger charge is -2.19. The number of aryl methyl sites for hydroxylation is 1. The zero-order chi connectivity index (χ0) is 20.6. The van der Waals surface area contributed by atoms with Crippen molar-refractivity contribution in [2.75, 3.05) is 5.32 Å². The van der Waals surface area contributed by atoms with Gasteiger partial charge in [-0.3, -0.25) is 9.20 Å². The van der Waals surface area contributed by atoms with Gasteiger partial charge in [0.05, 0.1) is 5.69 Å². The van der Waals surface area contributed by atoms with E-state index in [1.165, 1.54) is 5.56 Å². The second-order valence-electron chi connectivity index (χ2n) is 8.26. The van der Waals surface area contributed by atoms with Gasteiger partial charge in [0, 0.05) is 35.4 Å². The molecule has 0 aliphatic heterocycles. The fraction of sp³-hybridized carbons (Fsp3) is 0.208. The second kappa shape index (κ2) is 7.17. The van der Waals surface area contributed by atoms with Crippen molar-refractivity contribution < 1.29 is 4.79 Å².